The Balaban J connectivity index is 2.39. The molecule has 0 aromatic heterocycles. The second-order valence-corrected chi connectivity index (χ2v) is 9.80. The minimum Gasteiger partial charge on any atom is -0.348 e. The molecule has 0 aliphatic carbocycles. The van der Waals surface area contributed by atoms with E-state index in [1.807, 2.05) is 32.9 Å². The van der Waals surface area contributed by atoms with Crippen molar-refractivity contribution in [1.82, 2.24) is 5.32 Å². The van der Waals surface area contributed by atoms with Crippen LogP contribution in [0.4, 0.5) is 5.69 Å². The summed E-state index contributed by atoms with van der Waals surface area (Å²) in [4.78, 5) is 13.1. The lowest BCUT2D eigenvalue weighted by Crippen LogP contribution is -2.50. The van der Waals surface area contributed by atoms with Crippen LogP contribution in [0.2, 0.25) is 5.02 Å². The van der Waals surface area contributed by atoms with Gasteiger partial charge in [-0.05, 0) is 62.9 Å². The second kappa shape index (κ2) is 9.18. The van der Waals surface area contributed by atoms with Crippen LogP contribution in [0.3, 0.4) is 0 Å². The fourth-order valence-corrected chi connectivity index (χ4v) is 4.98. The van der Waals surface area contributed by atoms with Crippen LogP contribution >= 0.6 is 11.6 Å². The van der Waals surface area contributed by atoms with E-state index in [1.54, 1.807) is 32.0 Å². The molecular weight excluding hydrogens is 408 g/mol. The Morgan fingerprint density at radius 1 is 1.10 bits per heavy atom. The zero-order valence-electron chi connectivity index (χ0n) is 17.8. The highest BCUT2D eigenvalue weighted by atomic mass is 35.5. The monoisotopic (exact) mass is 436 g/mol. The van der Waals surface area contributed by atoms with Gasteiger partial charge in [0, 0.05) is 5.02 Å². The van der Waals surface area contributed by atoms with E-state index in [-0.39, 0.29) is 11.9 Å². The van der Waals surface area contributed by atoms with Gasteiger partial charge in [-0.3, -0.25) is 9.10 Å². The molecular formula is C22H29ClN2O3S. The van der Waals surface area contributed by atoms with Crippen molar-refractivity contribution in [2.24, 2.45) is 0 Å². The van der Waals surface area contributed by atoms with Crippen molar-refractivity contribution in [2.45, 2.75) is 53.1 Å². The van der Waals surface area contributed by atoms with E-state index < -0.39 is 16.1 Å². The Hall–Kier alpha value is -2.05. The molecule has 158 valence electrons. The molecule has 2 aromatic rings. The van der Waals surface area contributed by atoms with E-state index in [0.29, 0.717) is 17.1 Å². The Bertz CT molecular complexity index is 1010. The summed E-state index contributed by atoms with van der Waals surface area (Å²) in [6.45, 7) is 9.51. The van der Waals surface area contributed by atoms with Crippen LogP contribution in [0.25, 0.3) is 0 Å². The molecule has 0 aliphatic rings. The fourth-order valence-electron chi connectivity index (χ4n) is 3.55. The van der Waals surface area contributed by atoms with Gasteiger partial charge in [0.05, 0.1) is 18.0 Å². The minimum atomic E-state index is -3.71. The summed E-state index contributed by atoms with van der Waals surface area (Å²) in [7, 11) is -3.71. The number of halogens is 1. The van der Waals surface area contributed by atoms with Gasteiger partial charge in [0.2, 0.25) is 15.9 Å². The highest BCUT2D eigenvalue weighted by Crippen LogP contribution is 2.29. The van der Waals surface area contributed by atoms with E-state index in [0.717, 1.165) is 28.5 Å². The molecule has 0 radical (unpaired) electrons. The molecule has 2 atom stereocenters. The van der Waals surface area contributed by atoms with Gasteiger partial charge < -0.3 is 5.32 Å². The topological polar surface area (TPSA) is 66.5 Å². The van der Waals surface area contributed by atoms with Gasteiger partial charge in [-0.2, -0.15) is 0 Å². The third-order valence-corrected chi connectivity index (χ3v) is 6.39. The van der Waals surface area contributed by atoms with Crippen molar-refractivity contribution in [3.05, 3.63) is 63.7 Å². The first-order chi connectivity index (χ1) is 13.5. The number of carbonyl (C=O) groups excluding carboxylic acids is 1. The molecule has 7 heteroatoms. The third kappa shape index (κ3) is 5.52. The average molecular weight is 437 g/mol. The Kier molecular flexibility index (Phi) is 7.35. The number of aryl methyl sites for hydroxylation is 3. The van der Waals surface area contributed by atoms with Crippen molar-refractivity contribution >= 4 is 33.2 Å². The van der Waals surface area contributed by atoms with Gasteiger partial charge >= 0.3 is 0 Å². The molecule has 0 saturated carbocycles. The van der Waals surface area contributed by atoms with E-state index >= 15 is 0 Å². The predicted molar refractivity (Wildman–Crippen MR) is 120 cm³/mol. The van der Waals surface area contributed by atoms with Gasteiger partial charge in [-0.25, -0.2) is 8.42 Å². The minimum absolute atomic E-state index is 0.251. The van der Waals surface area contributed by atoms with E-state index in [2.05, 4.69) is 11.4 Å². The van der Waals surface area contributed by atoms with Crippen LogP contribution < -0.4 is 9.62 Å². The molecule has 5 nitrogen and oxygen atoms in total. The van der Waals surface area contributed by atoms with Gasteiger partial charge in [0.25, 0.3) is 0 Å². The third-order valence-electron chi connectivity index (χ3n) is 4.99. The molecule has 1 amide bonds. The molecule has 0 heterocycles. The summed E-state index contributed by atoms with van der Waals surface area (Å²) in [6.07, 6.45) is 1.43. The largest absolute Gasteiger partial charge is 0.348 e. The summed E-state index contributed by atoms with van der Waals surface area (Å²) in [5, 5.41) is 3.40. The molecule has 0 fully saturated rings. The van der Waals surface area contributed by atoms with E-state index in [4.69, 9.17) is 11.6 Å². The molecule has 2 rings (SSSR count). The van der Waals surface area contributed by atoms with Crippen LogP contribution in [0.1, 0.15) is 48.6 Å². The molecule has 29 heavy (non-hydrogen) atoms. The zero-order chi connectivity index (χ0) is 21.9. The molecule has 2 unspecified atom stereocenters. The molecule has 0 bridgehead atoms. The van der Waals surface area contributed by atoms with Crippen molar-refractivity contribution in [3.63, 3.8) is 0 Å². The van der Waals surface area contributed by atoms with Gasteiger partial charge in [0.15, 0.2) is 0 Å². The fraction of sp³-hybridized carbons (Fsp3) is 0.409. The highest BCUT2D eigenvalue weighted by molar-refractivity contribution is 7.92. The summed E-state index contributed by atoms with van der Waals surface area (Å²) in [5.41, 5.74) is 4.38. The first-order valence-electron chi connectivity index (χ1n) is 9.58. The van der Waals surface area contributed by atoms with Crippen molar-refractivity contribution < 1.29 is 13.2 Å². The van der Waals surface area contributed by atoms with E-state index in [1.165, 1.54) is 4.31 Å². The van der Waals surface area contributed by atoms with Crippen molar-refractivity contribution in [3.8, 4) is 0 Å². The maximum Gasteiger partial charge on any atom is 0.244 e. The highest BCUT2D eigenvalue weighted by Gasteiger charge is 2.33. The first-order valence-corrected chi connectivity index (χ1v) is 11.8. The van der Waals surface area contributed by atoms with Crippen LogP contribution in [-0.4, -0.2) is 26.6 Å². The Morgan fingerprint density at radius 2 is 1.76 bits per heavy atom. The van der Waals surface area contributed by atoms with Gasteiger partial charge in [0.1, 0.15) is 6.04 Å². The Labute approximate surface area is 179 Å². The first kappa shape index (κ1) is 23.2. The zero-order valence-corrected chi connectivity index (χ0v) is 19.4. The summed E-state index contributed by atoms with van der Waals surface area (Å²) >= 11 is 6.11. The number of nitrogens with one attached hydrogen (secondary N) is 1. The molecule has 0 saturated heterocycles. The maximum atomic E-state index is 13.1. The molecule has 1 N–H and O–H groups in total. The van der Waals surface area contributed by atoms with Crippen LogP contribution in [0.5, 0.6) is 0 Å². The number of hydrogen-bond donors (Lipinski definition) is 1. The van der Waals surface area contributed by atoms with Crippen molar-refractivity contribution in [2.75, 3.05) is 10.6 Å². The summed E-state index contributed by atoms with van der Waals surface area (Å²) < 4.78 is 26.5. The smallest absolute Gasteiger partial charge is 0.244 e. The molecule has 0 spiro atoms. The number of benzene rings is 2. The lowest BCUT2D eigenvalue weighted by atomic mass is 10.00. The number of rotatable bonds is 7. The summed E-state index contributed by atoms with van der Waals surface area (Å²) in [5.74, 6) is -0.343. The van der Waals surface area contributed by atoms with Crippen LogP contribution in [0.15, 0.2) is 36.4 Å². The normalized spacial score (nSPS) is 13.6. The molecule has 2 aromatic carbocycles. The predicted octanol–water partition coefficient (Wildman–Crippen LogP) is 4.69. The number of amides is 1. The SMILES string of the molecule is CCC(C(=O)NC(C)c1ccc(C)cc1C)N(c1cc(Cl)ccc1C)S(C)(=O)=O. The number of anilines is 1. The van der Waals surface area contributed by atoms with Gasteiger partial charge in [-0.15, -0.1) is 0 Å². The van der Waals surface area contributed by atoms with Crippen molar-refractivity contribution in [1.29, 1.82) is 0 Å². The number of sulfonamides is 1. The Morgan fingerprint density at radius 3 is 2.31 bits per heavy atom. The summed E-state index contributed by atoms with van der Waals surface area (Å²) in [6, 6.07) is 9.96. The van der Waals surface area contributed by atoms with Crippen LogP contribution in [-0.2, 0) is 14.8 Å². The maximum absolute atomic E-state index is 13.1. The van der Waals surface area contributed by atoms with Crippen LogP contribution in [0, 0.1) is 20.8 Å². The number of hydrogen-bond acceptors (Lipinski definition) is 3. The molecule has 0 aliphatic heterocycles. The number of carbonyl (C=O) groups is 1. The quantitative estimate of drug-likeness (QED) is 0.684. The standard InChI is InChI=1S/C22H29ClN2O3S/c1-7-20(22(26)24-17(5)19-11-8-14(2)12-16(19)4)25(29(6,27)28)21-13-18(23)10-9-15(21)3/h8-13,17,20H,7H2,1-6H3,(H,24,26). The second-order valence-electron chi connectivity index (χ2n) is 7.50. The lowest BCUT2D eigenvalue weighted by molar-refractivity contribution is -0.122. The number of nitrogens with zero attached hydrogens (tertiary/aromatic N) is 1. The van der Waals surface area contributed by atoms with E-state index in [9.17, 15) is 13.2 Å². The lowest BCUT2D eigenvalue weighted by Gasteiger charge is -2.32. The average Bonchev–Trinajstić information content (AvgIpc) is 2.60. The van der Waals surface area contributed by atoms with Gasteiger partial charge in [-0.1, -0.05) is 48.4 Å².